The second-order valence-electron chi connectivity index (χ2n) is 5.19. The zero-order valence-electron chi connectivity index (χ0n) is 13.6. The maximum absolute atomic E-state index is 11.9. The molecular formula is C15H17N7OS. The van der Waals surface area contributed by atoms with Crippen LogP contribution in [0.15, 0.2) is 23.7 Å². The van der Waals surface area contributed by atoms with E-state index in [9.17, 15) is 4.79 Å². The smallest absolute Gasteiger partial charge is 0.239 e. The Morgan fingerprint density at radius 3 is 2.75 bits per heavy atom. The minimum Gasteiger partial charge on any atom is -0.311 e. The minimum absolute atomic E-state index is 0.180. The van der Waals surface area contributed by atoms with Crippen molar-refractivity contribution in [1.29, 1.82) is 0 Å². The lowest BCUT2D eigenvalue weighted by Crippen LogP contribution is -2.25. The Hall–Kier alpha value is -2.65. The first kappa shape index (κ1) is 16.2. The van der Waals surface area contributed by atoms with Crippen LogP contribution in [0.3, 0.4) is 0 Å². The first-order valence-electron chi connectivity index (χ1n) is 7.34. The van der Waals surface area contributed by atoms with E-state index in [2.05, 4.69) is 30.7 Å². The summed E-state index contributed by atoms with van der Waals surface area (Å²) in [5.74, 6) is 1.27. The average Bonchev–Trinajstić information content (AvgIpc) is 3.16. The summed E-state index contributed by atoms with van der Waals surface area (Å²) in [6, 6.07) is 3.66. The number of aryl methyl sites for hydroxylation is 2. The van der Waals surface area contributed by atoms with E-state index in [1.165, 1.54) is 11.3 Å². The van der Waals surface area contributed by atoms with Gasteiger partial charge in [-0.3, -0.25) is 4.79 Å². The van der Waals surface area contributed by atoms with Crippen LogP contribution < -0.4 is 10.6 Å². The number of amides is 1. The molecule has 0 aliphatic rings. The van der Waals surface area contributed by atoms with Gasteiger partial charge in [0, 0.05) is 23.3 Å². The number of anilines is 1. The predicted octanol–water partition coefficient (Wildman–Crippen LogP) is 1.56. The SMILES string of the molecule is CNCC(=O)Nc1cc(-n2nc(C)cc2C)nc(-c2nccs2)n1. The quantitative estimate of drug-likeness (QED) is 0.730. The predicted molar refractivity (Wildman–Crippen MR) is 92.3 cm³/mol. The van der Waals surface area contributed by atoms with E-state index in [-0.39, 0.29) is 12.5 Å². The van der Waals surface area contributed by atoms with Gasteiger partial charge in [0.1, 0.15) is 5.82 Å². The van der Waals surface area contributed by atoms with Crippen LogP contribution in [0.2, 0.25) is 0 Å². The van der Waals surface area contributed by atoms with Crippen LogP contribution in [-0.4, -0.2) is 44.2 Å². The van der Waals surface area contributed by atoms with Gasteiger partial charge in [0.25, 0.3) is 0 Å². The average molecular weight is 343 g/mol. The van der Waals surface area contributed by atoms with Gasteiger partial charge in [-0.25, -0.2) is 19.6 Å². The fourth-order valence-corrected chi connectivity index (χ4v) is 2.81. The van der Waals surface area contributed by atoms with Crippen LogP contribution in [0.4, 0.5) is 5.82 Å². The molecule has 0 aromatic carbocycles. The molecule has 2 N–H and O–H groups in total. The Kier molecular flexibility index (Phi) is 4.63. The summed E-state index contributed by atoms with van der Waals surface area (Å²) in [6.45, 7) is 4.07. The third kappa shape index (κ3) is 3.47. The monoisotopic (exact) mass is 343 g/mol. The molecule has 0 aliphatic heterocycles. The van der Waals surface area contributed by atoms with E-state index in [0.717, 1.165) is 11.4 Å². The zero-order chi connectivity index (χ0) is 17.1. The fraction of sp³-hybridized carbons (Fsp3) is 0.267. The molecule has 9 heteroatoms. The number of rotatable bonds is 5. The number of hydrogen-bond donors (Lipinski definition) is 2. The van der Waals surface area contributed by atoms with Gasteiger partial charge in [0.15, 0.2) is 16.6 Å². The highest BCUT2D eigenvalue weighted by Gasteiger charge is 2.14. The molecule has 3 heterocycles. The van der Waals surface area contributed by atoms with Crippen molar-refractivity contribution in [3.05, 3.63) is 35.1 Å². The number of likely N-dealkylation sites (N-methyl/N-ethyl adjacent to an activating group) is 1. The topological polar surface area (TPSA) is 97.6 Å². The molecule has 1 amide bonds. The second kappa shape index (κ2) is 6.85. The molecule has 3 aromatic rings. The van der Waals surface area contributed by atoms with Crippen LogP contribution in [0.5, 0.6) is 0 Å². The molecular weight excluding hydrogens is 326 g/mol. The lowest BCUT2D eigenvalue weighted by molar-refractivity contribution is -0.115. The van der Waals surface area contributed by atoms with Gasteiger partial charge in [-0.15, -0.1) is 11.3 Å². The maximum Gasteiger partial charge on any atom is 0.239 e. The summed E-state index contributed by atoms with van der Waals surface area (Å²) in [7, 11) is 1.71. The highest BCUT2D eigenvalue weighted by Crippen LogP contribution is 2.22. The van der Waals surface area contributed by atoms with Crippen molar-refractivity contribution < 1.29 is 4.79 Å². The van der Waals surface area contributed by atoms with Crippen molar-refractivity contribution in [3.8, 4) is 16.6 Å². The minimum atomic E-state index is -0.180. The summed E-state index contributed by atoms with van der Waals surface area (Å²) < 4.78 is 1.72. The standard InChI is InChI=1S/C15H17N7OS/c1-9-6-10(2)22(21-9)12-7-11(18-13(23)8-16-3)19-14(20-12)15-17-4-5-24-15/h4-7,16H,8H2,1-3H3,(H,18,19,20,23). The van der Waals surface area contributed by atoms with Gasteiger partial charge in [-0.1, -0.05) is 0 Å². The lowest BCUT2D eigenvalue weighted by Gasteiger charge is -2.09. The number of nitrogens with zero attached hydrogens (tertiary/aromatic N) is 5. The van der Waals surface area contributed by atoms with Gasteiger partial charge in [0.05, 0.1) is 12.2 Å². The largest absolute Gasteiger partial charge is 0.311 e. The van der Waals surface area contributed by atoms with Crippen molar-refractivity contribution in [1.82, 2.24) is 30.0 Å². The molecule has 0 atom stereocenters. The van der Waals surface area contributed by atoms with Crippen LogP contribution in [0.1, 0.15) is 11.4 Å². The number of carbonyl (C=O) groups excluding carboxylic acids is 1. The Bertz CT molecular complexity index is 857. The number of thiazole rings is 1. The van der Waals surface area contributed by atoms with E-state index in [1.54, 1.807) is 24.0 Å². The van der Waals surface area contributed by atoms with Gasteiger partial charge < -0.3 is 10.6 Å². The van der Waals surface area contributed by atoms with E-state index in [1.807, 2.05) is 25.3 Å². The number of carbonyl (C=O) groups is 1. The first-order valence-corrected chi connectivity index (χ1v) is 8.22. The Morgan fingerprint density at radius 1 is 1.29 bits per heavy atom. The summed E-state index contributed by atoms with van der Waals surface area (Å²) >= 11 is 1.44. The van der Waals surface area contributed by atoms with Crippen molar-refractivity contribution in [3.63, 3.8) is 0 Å². The molecule has 0 aliphatic carbocycles. The summed E-state index contributed by atoms with van der Waals surface area (Å²) in [5.41, 5.74) is 1.84. The molecule has 0 unspecified atom stereocenters. The van der Waals surface area contributed by atoms with Crippen LogP contribution >= 0.6 is 11.3 Å². The zero-order valence-corrected chi connectivity index (χ0v) is 14.4. The number of aromatic nitrogens is 5. The van der Waals surface area contributed by atoms with Crippen molar-refractivity contribution in [2.24, 2.45) is 0 Å². The normalized spacial score (nSPS) is 10.8. The molecule has 8 nitrogen and oxygen atoms in total. The van der Waals surface area contributed by atoms with Crippen LogP contribution in [0, 0.1) is 13.8 Å². The summed E-state index contributed by atoms with van der Waals surface area (Å²) in [4.78, 5) is 25.0. The van der Waals surface area contributed by atoms with E-state index >= 15 is 0 Å². The lowest BCUT2D eigenvalue weighted by atomic mass is 10.4. The molecule has 0 spiro atoms. The van der Waals surface area contributed by atoms with E-state index < -0.39 is 0 Å². The summed E-state index contributed by atoms with van der Waals surface area (Å²) in [6.07, 6.45) is 1.69. The molecule has 3 rings (SSSR count). The molecule has 24 heavy (non-hydrogen) atoms. The molecule has 0 saturated heterocycles. The number of nitrogens with one attached hydrogen (secondary N) is 2. The number of hydrogen-bond acceptors (Lipinski definition) is 7. The van der Waals surface area contributed by atoms with E-state index in [4.69, 9.17) is 0 Å². The first-order chi connectivity index (χ1) is 11.6. The summed E-state index contributed by atoms with van der Waals surface area (Å²) in [5, 5.41) is 12.6. The van der Waals surface area contributed by atoms with Gasteiger partial charge in [-0.05, 0) is 27.0 Å². The molecule has 124 valence electrons. The highest BCUT2D eigenvalue weighted by atomic mass is 32.1. The van der Waals surface area contributed by atoms with Crippen LogP contribution in [-0.2, 0) is 4.79 Å². The van der Waals surface area contributed by atoms with Crippen molar-refractivity contribution >= 4 is 23.1 Å². The molecule has 0 saturated carbocycles. The van der Waals surface area contributed by atoms with Gasteiger partial charge in [0.2, 0.25) is 5.91 Å². The molecule has 0 fully saturated rings. The van der Waals surface area contributed by atoms with Crippen molar-refractivity contribution in [2.75, 3.05) is 18.9 Å². The fourth-order valence-electron chi connectivity index (χ4n) is 2.24. The Labute approximate surface area is 143 Å². The van der Waals surface area contributed by atoms with Crippen LogP contribution in [0.25, 0.3) is 16.6 Å². The third-order valence-electron chi connectivity index (χ3n) is 3.17. The third-order valence-corrected chi connectivity index (χ3v) is 3.94. The van der Waals surface area contributed by atoms with Crippen molar-refractivity contribution in [2.45, 2.75) is 13.8 Å². The second-order valence-corrected chi connectivity index (χ2v) is 6.08. The Morgan fingerprint density at radius 2 is 2.12 bits per heavy atom. The molecule has 0 radical (unpaired) electrons. The molecule has 3 aromatic heterocycles. The Balaban J connectivity index is 2.06. The van der Waals surface area contributed by atoms with Gasteiger partial charge in [-0.2, -0.15) is 5.10 Å². The molecule has 0 bridgehead atoms. The van der Waals surface area contributed by atoms with Gasteiger partial charge >= 0.3 is 0 Å². The van der Waals surface area contributed by atoms with E-state index in [0.29, 0.717) is 22.5 Å². The highest BCUT2D eigenvalue weighted by molar-refractivity contribution is 7.13. The maximum atomic E-state index is 11.9.